The molecule has 3 heterocycles. The summed E-state index contributed by atoms with van der Waals surface area (Å²) in [6.07, 6.45) is 1.59. The summed E-state index contributed by atoms with van der Waals surface area (Å²) in [4.78, 5) is 12.7. The Morgan fingerprint density at radius 1 is 1.12 bits per heavy atom. The van der Waals surface area contributed by atoms with Crippen LogP contribution >= 0.6 is 0 Å². The van der Waals surface area contributed by atoms with Gasteiger partial charge in [-0.3, -0.25) is 4.79 Å². The van der Waals surface area contributed by atoms with E-state index in [0.717, 1.165) is 22.4 Å². The molecule has 0 radical (unpaired) electrons. The van der Waals surface area contributed by atoms with Crippen LogP contribution in [0.5, 0.6) is 0 Å². The lowest BCUT2D eigenvalue weighted by Gasteiger charge is -2.10. The number of nitrogens with one attached hydrogen (secondary N) is 1. The van der Waals surface area contributed by atoms with Gasteiger partial charge >= 0.3 is 0 Å². The van der Waals surface area contributed by atoms with Gasteiger partial charge in [-0.25, -0.2) is 0 Å². The van der Waals surface area contributed by atoms with Gasteiger partial charge in [0.05, 0.1) is 18.3 Å². The summed E-state index contributed by atoms with van der Waals surface area (Å²) in [5.41, 5.74) is 3.34. The van der Waals surface area contributed by atoms with Crippen molar-refractivity contribution >= 4 is 17.0 Å². The van der Waals surface area contributed by atoms with Crippen molar-refractivity contribution in [2.45, 2.75) is 20.0 Å². The summed E-state index contributed by atoms with van der Waals surface area (Å²) >= 11 is 0. The Morgan fingerprint density at radius 2 is 1.96 bits per heavy atom. The predicted molar refractivity (Wildman–Crippen MR) is 94.4 cm³/mol. The average molecular weight is 334 g/mol. The smallest absolute Gasteiger partial charge is 0.268 e. The monoisotopic (exact) mass is 334 g/mol. The van der Waals surface area contributed by atoms with Crippen molar-refractivity contribution < 1.29 is 13.6 Å². The summed E-state index contributed by atoms with van der Waals surface area (Å²) in [5.74, 6) is 1.39. The molecule has 5 heteroatoms. The van der Waals surface area contributed by atoms with E-state index in [1.54, 1.807) is 18.4 Å². The zero-order chi connectivity index (χ0) is 17.2. The number of nitrogens with zero attached hydrogens (tertiary/aromatic N) is 1. The van der Waals surface area contributed by atoms with Gasteiger partial charge in [-0.1, -0.05) is 30.3 Å². The van der Waals surface area contributed by atoms with Crippen LogP contribution in [0, 0.1) is 6.92 Å². The zero-order valence-corrected chi connectivity index (χ0v) is 13.9. The highest BCUT2D eigenvalue weighted by atomic mass is 16.3. The summed E-state index contributed by atoms with van der Waals surface area (Å²) in [7, 11) is 0. The van der Waals surface area contributed by atoms with Gasteiger partial charge in [0.25, 0.3) is 5.91 Å². The SMILES string of the molecule is Cc1cc2c(cc(C(=O)NCc3ccco3)n2Cc2ccccc2)o1. The number of amides is 1. The fraction of sp³-hybridized carbons (Fsp3) is 0.150. The molecule has 25 heavy (non-hydrogen) atoms. The average Bonchev–Trinajstić information content (AvgIpc) is 3.32. The Morgan fingerprint density at radius 3 is 2.72 bits per heavy atom. The Balaban J connectivity index is 1.66. The number of carbonyl (C=O) groups is 1. The molecule has 0 aliphatic carbocycles. The number of hydrogen-bond donors (Lipinski definition) is 1. The molecule has 0 aliphatic heterocycles. The Bertz CT molecular complexity index is 995. The summed E-state index contributed by atoms with van der Waals surface area (Å²) in [5, 5.41) is 2.90. The van der Waals surface area contributed by atoms with Crippen LogP contribution in [0.15, 0.2) is 69.7 Å². The number of hydrogen-bond acceptors (Lipinski definition) is 3. The lowest BCUT2D eigenvalue weighted by molar-refractivity contribution is 0.0939. The van der Waals surface area contributed by atoms with E-state index in [1.165, 1.54) is 0 Å². The zero-order valence-electron chi connectivity index (χ0n) is 13.9. The lowest BCUT2D eigenvalue weighted by atomic mass is 10.2. The molecule has 0 bridgehead atoms. The van der Waals surface area contributed by atoms with E-state index in [1.807, 2.05) is 54.0 Å². The van der Waals surface area contributed by atoms with Crippen LogP contribution in [0.3, 0.4) is 0 Å². The highest BCUT2D eigenvalue weighted by Crippen LogP contribution is 2.25. The Kier molecular flexibility index (Phi) is 3.90. The van der Waals surface area contributed by atoms with Crippen molar-refractivity contribution in [3.63, 3.8) is 0 Å². The van der Waals surface area contributed by atoms with Crippen LogP contribution in [0.2, 0.25) is 0 Å². The van der Waals surface area contributed by atoms with Crippen LogP contribution in [0.1, 0.15) is 27.6 Å². The normalized spacial score (nSPS) is 11.1. The number of rotatable bonds is 5. The van der Waals surface area contributed by atoms with E-state index in [4.69, 9.17) is 8.83 Å². The second kappa shape index (κ2) is 6.36. The summed E-state index contributed by atoms with van der Waals surface area (Å²) in [6, 6.07) is 17.4. The maximum absolute atomic E-state index is 12.7. The van der Waals surface area contributed by atoms with Gasteiger partial charge in [0.1, 0.15) is 17.2 Å². The van der Waals surface area contributed by atoms with Gasteiger partial charge in [-0.2, -0.15) is 0 Å². The first-order valence-corrected chi connectivity index (χ1v) is 8.15. The third kappa shape index (κ3) is 3.08. The van der Waals surface area contributed by atoms with Crippen molar-refractivity contribution in [3.8, 4) is 0 Å². The fourth-order valence-corrected chi connectivity index (χ4v) is 2.96. The molecule has 0 unspecified atom stereocenters. The molecule has 0 aliphatic rings. The topological polar surface area (TPSA) is 60.3 Å². The molecule has 0 spiro atoms. The van der Waals surface area contributed by atoms with Gasteiger partial charge in [0, 0.05) is 18.7 Å². The largest absolute Gasteiger partial charge is 0.467 e. The maximum Gasteiger partial charge on any atom is 0.268 e. The van der Waals surface area contributed by atoms with Crippen LogP contribution < -0.4 is 5.32 Å². The Hall–Kier alpha value is -3.21. The minimum absolute atomic E-state index is 0.156. The Labute approximate surface area is 144 Å². The van der Waals surface area contributed by atoms with Crippen LogP contribution in [-0.4, -0.2) is 10.5 Å². The number of carbonyl (C=O) groups excluding carboxylic acids is 1. The number of aromatic nitrogens is 1. The first-order chi connectivity index (χ1) is 12.2. The van der Waals surface area contributed by atoms with Crippen LogP contribution in [0.4, 0.5) is 0 Å². The number of fused-ring (bicyclic) bond motifs is 1. The molecule has 1 amide bonds. The molecule has 0 saturated heterocycles. The van der Waals surface area contributed by atoms with Gasteiger partial charge in [0.15, 0.2) is 5.58 Å². The first-order valence-electron chi connectivity index (χ1n) is 8.15. The molecule has 0 saturated carbocycles. The predicted octanol–water partition coefficient (Wildman–Crippen LogP) is 4.11. The second-order valence-electron chi connectivity index (χ2n) is 5.97. The van der Waals surface area contributed by atoms with Crippen LogP contribution in [0.25, 0.3) is 11.1 Å². The summed E-state index contributed by atoms with van der Waals surface area (Å²) < 4.78 is 13.0. The molecular weight excluding hydrogens is 316 g/mol. The molecule has 4 rings (SSSR count). The molecule has 0 fully saturated rings. The van der Waals surface area contributed by atoms with Gasteiger partial charge < -0.3 is 18.7 Å². The molecule has 4 aromatic rings. The molecule has 1 N–H and O–H groups in total. The highest BCUT2D eigenvalue weighted by molar-refractivity contribution is 5.97. The van der Waals surface area contributed by atoms with Gasteiger partial charge in [0.2, 0.25) is 0 Å². The minimum Gasteiger partial charge on any atom is -0.467 e. The third-order valence-corrected chi connectivity index (χ3v) is 4.13. The molecule has 126 valence electrons. The third-order valence-electron chi connectivity index (χ3n) is 4.13. The van der Waals surface area contributed by atoms with Crippen molar-refractivity contribution in [2.75, 3.05) is 0 Å². The molecule has 0 atom stereocenters. The quantitative estimate of drug-likeness (QED) is 0.597. The van der Waals surface area contributed by atoms with E-state index in [2.05, 4.69) is 5.32 Å². The van der Waals surface area contributed by atoms with E-state index in [-0.39, 0.29) is 5.91 Å². The second-order valence-corrected chi connectivity index (χ2v) is 5.97. The van der Waals surface area contributed by atoms with Crippen molar-refractivity contribution in [2.24, 2.45) is 0 Å². The van der Waals surface area contributed by atoms with Gasteiger partial charge in [-0.15, -0.1) is 0 Å². The van der Waals surface area contributed by atoms with Crippen molar-refractivity contribution in [1.82, 2.24) is 9.88 Å². The fourth-order valence-electron chi connectivity index (χ4n) is 2.96. The molecule has 1 aromatic carbocycles. The molecule has 5 nitrogen and oxygen atoms in total. The van der Waals surface area contributed by atoms with Crippen LogP contribution in [-0.2, 0) is 13.1 Å². The van der Waals surface area contributed by atoms with E-state index in [0.29, 0.717) is 24.5 Å². The molecular formula is C20H18N2O3. The first kappa shape index (κ1) is 15.3. The standard InChI is InChI=1S/C20H18N2O3/c1-14-10-17-19(25-14)11-18(20(23)21-12-16-8-5-9-24-16)22(17)13-15-6-3-2-4-7-15/h2-11H,12-13H2,1H3,(H,21,23). The highest BCUT2D eigenvalue weighted by Gasteiger charge is 2.18. The van der Waals surface area contributed by atoms with Gasteiger partial charge in [-0.05, 0) is 24.6 Å². The van der Waals surface area contributed by atoms with Crippen molar-refractivity contribution in [3.05, 3.63) is 83.6 Å². The summed E-state index contributed by atoms with van der Waals surface area (Å²) in [6.45, 7) is 2.86. The number of furan rings is 2. The number of aryl methyl sites for hydroxylation is 1. The lowest BCUT2D eigenvalue weighted by Crippen LogP contribution is -2.25. The van der Waals surface area contributed by atoms with Crippen molar-refractivity contribution in [1.29, 1.82) is 0 Å². The number of benzene rings is 1. The minimum atomic E-state index is -0.156. The molecule has 3 aromatic heterocycles. The van der Waals surface area contributed by atoms with E-state index >= 15 is 0 Å². The maximum atomic E-state index is 12.7. The van der Waals surface area contributed by atoms with E-state index in [9.17, 15) is 4.79 Å². The van der Waals surface area contributed by atoms with E-state index < -0.39 is 0 Å².